The Bertz CT molecular complexity index is 1050. The van der Waals surface area contributed by atoms with E-state index in [9.17, 15) is 9.90 Å². The zero-order valence-electron chi connectivity index (χ0n) is 18.7. The molecule has 9 aliphatic carbocycles. The van der Waals surface area contributed by atoms with Crippen molar-refractivity contribution in [1.29, 1.82) is 0 Å². The number of hydrogen-bond donors (Lipinski definition) is 1. The van der Waals surface area contributed by atoms with Crippen LogP contribution in [0.15, 0.2) is 30.3 Å². The fourth-order valence-electron chi connectivity index (χ4n) is 13.7. The number of para-hydroxylation sites is 1. The maximum atomic E-state index is 14.0. The minimum Gasteiger partial charge on any atom is -0.493 e. The van der Waals surface area contributed by atoms with E-state index in [0.29, 0.717) is 65.8 Å². The number of ether oxygens (including phenoxy) is 2. The van der Waals surface area contributed by atoms with Crippen LogP contribution < -0.4 is 4.74 Å². The van der Waals surface area contributed by atoms with Gasteiger partial charge < -0.3 is 14.6 Å². The summed E-state index contributed by atoms with van der Waals surface area (Å²) in [5.41, 5.74) is -1.89. The van der Waals surface area contributed by atoms with Crippen molar-refractivity contribution in [2.75, 3.05) is 13.7 Å². The van der Waals surface area contributed by atoms with Gasteiger partial charge in [0, 0.05) is 5.41 Å². The summed E-state index contributed by atoms with van der Waals surface area (Å²) < 4.78 is 12.3. The molecule has 9 bridgehead atoms. The smallest absolute Gasteiger partial charge is 0.315 e. The first-order chi connectivity index (χ1) is 15.6. The van der Waals surface area contributed by atoms with Crippen molar-refractivity contribution in [3.63, 3.8) is 0 Å². The molecule has 1 aromatic carbocycles. The van der Waals surface area contributed by atoms with Crippen LogP contribution in [0.4, 0.5) is 0 Å². The number of aliphatic hydroxyl groups is 1. The summed E-state index contributed by atoms with van der Waals surface area (Å²) in [6, 6.07) is 10.2. The van der Waals surface area contributed by atoms with Gasteiger partial charge in [0.05, 0.1) is 19.3 Å². The maximum Gasteiger partial charge on any atom is 0.315 e. The Labute approximate surface area is 189 Å². The summed E-state index contributed by atoms with van der Waals surface area (Å²) in [4.78, 5) is 14.0. The van der Waals surface area contributed by atoms with Crippen molar-refractivity contribution in [3.8, 4) is 5.75 Å². The fraction of sp³-hybridized carbons (Fsp3) is 0.750. The molecule has 0 radical (unpaired) electrons. The summed E-state index contributed by atoms with van der Waals surface area (Å²) >= 11 is 0. The molecule has 9 saturated carbocycles. The monoisotopic (exact) mass is 432 g/mol. The van der Waals surface area contributed by atoms with Crippen LogP contribution in [0.25, 0.3) is 0 Å². The zero-order chi connectivity index (χ0) is 21.2. The number of hydrogen-bond acceptors (Lipinski definition) is 4. The number of esters is 1. The Morgan fingerprint density at radius 2 is 1.66 bits per heavy atom. The van der Waals surface area contributed by atoms with E-state index in [0.717, 1.165) is 12.2 Å². The zero-order valence-corrected chi connectivity index (χ0v) is 18.7. The number of benzene rings is 1. The third kappa shape index (κ3) is 1.32. The molecule has 4 heteroatoms. The summed E-state index contributed by atoms with van der Waals surface area (Å²) in [5.74, 6) is 6.66. The van der Waals surface area contributed by atoms with Crippen LogP contribution in [0, 0.1) is 75.9 Å². The summed E-state index contributed by atoms with van der Waals surface area (Å²) in [6.07, 6.45) is 6.12. The van der Waals surface area contributed by atoms with E-state index >= 15 is 0 Å². The van der Waals surface area contributed by atoms with Gasteiger partial charge in [-0.25, -0.2) is 0 Å². The minimum absolute atomic E-state index is 0.0618. The summed E-state index contributed by atoms with van der Waals surface area (Å²) in [5, 5.41) is 13.2. The van der Waals surface area contributed by atoms with E-state index in [1.807, 2.05) is 30.3 Å². The van der Waals surface area contributed by atoms with Crippen molar-refractivity contribution in [1.82, 2.24) is 0 Å². The Morgan fingerprint density at radius 3 is 2.44 bits per heavy atom. The molecule has 0 aromatic heterocycles. The van der Waals surface area contributed by atoms with Crippen LogP contribution >= 0.6 is 0 Å². The Hall–Kier alpha value is -1.55. The molecule has 32 heavy (non-hydrogen) atoms. The maximum absolute atomic E-state index is 14.0. The van der Waals surface area contributed by atoms with E-state index in [1.165, 1.54) is 25.7 Å². The Balaban J connectivity index is 1.32. The predicted molar refractivity (Wildman–Crippen MR) is 115 cm³/mol. The highest BCUT2D eigenvalue weighted by Crippen LogP contribution is 2.98. The third-order valence-electron chi connectivity index (χ3n) is 13.2. The largest absolute Gasteiger partial charge is 0.493 e. The van der Waals surface area contributed by atoms with Gasteiger partial charge in [-0.15, -0.1) is 0 Å². The topological polar surface area (TPSA) is 55.8 Å². The van der Waals surface area contributed by atoms with Crippen molar-refractivity contribution in [2.45, 2.75) is 37.7 Å². The third-order valence-corrected chi connectivity index (χ3v) is 13.2. The van der Waals surface area contributed by atoms with Gasteiger partial charge in [-0.1, -0.05) is 24.6 Å². The van der Waals surface area contributed by atoms with Crippen LogP contribution in [0.5, 0.6) is 5.75 Å². The van der Waals surface area contributed by atoms with E-state index in [2.05, 4.69) is 0 Å². The molecule has 0 amide bonds. The van der Waals surface area contributed by atoms with Crippen LogP contribution in [0.1, 0.15) is 32.1 Å². The lowest BCUT2D eigenvalue weighted by Gasteiger charge is -2.63. The van der Waals surface area contributed by atoms with Gasteiger partial charge >= 0.3 is 5.97 Å². The fourth-order valence-corrected chi connectivity index (χ4v) is 13.7. The van der Waals surface area contributed by atoms with Gasteiger partial charge in [0.25, 0.3) is 0 Å². The molecule has 9 aliphatic rings. The van der Waals surface area contributed by atoms with Gasteiger partial charge in [-0.3, -0.25) is 4.79 Å². The first-order valence-electron chi connectivity index (χ1n) is 13.1. The molecule has 0 heterocycles. The van der Waals surface area contributed by atoms with Crippen LogP contribution in [0.3, 0.4) is 0 Å². The average Bonchev–Trinajstić information content (AvgIpc) is 3.59. The van der Waals surface area contributed by atoms with Crippen molar-refractivity contribution < 1.29 is 19.4 Å². The second-order valence-electron chi connectivity index (χ2n) is 12.7. The lowest BCUT2D eigenvalue weighted by molar-refractivity contribution is -0.271. The lowest BCUT2D eigenvalue weighted by atomic mass is 9.42. The molecule has 1 N–H and O–H groups in total. The SMILES string of the molecule is COC(=O)[C@]12[C@@H]3[C@@H]4CCC[C@@H]4[C@@H]4[C@@H]3[C@H]3[C@@H]5[C@@H]6[C@@H](CC[C@H]6[C@]1(O)[C@@]54COc1ccccc1)[C@@H]32. The number of carbonyl (C=O) groups excluding carboxylic acids is 1. The van der Waals surface area contributed by atoms with E-state index in [-0.39, 0.29) is 17.3 Å². The molecule has 0 unspecified atom stereocenters. The van der Waals surface area contributed by atoms with Gasteiger partial charge in [0.15, 0.2) is 0 Å². The molecule has 1 aromatic rings. The normalized spacial score (nSPS) is 62.4. The first-order valence-corrected chi connectivity index (χ1v) is 13.1. The van der Waals surface area contributed by atoms with Crippen molar-refractivity contribution >= 4 is 5.97 Å². The number of methoxy groups -OCH3 is 1. The molecule has 14 atom stereocenters. The first kappa shape index (κ1) is 17.9. The Morgan fingerprint density at radius 1 is 0.938 bits per heavy atom. The molecular formula is C28H32O4. The van der Waals surface area contributed by atoms with Crippen molar-refractivity contribution in [2.24, 2.45) is 75.9 Å². The highest BCUT2D eigenvalue weighted by molar-refractivity contribution is 5.83. The molecule has 168 valence electrons. The van der Waals surface area contributed by atoms with Crippen LogP contribution in [-0.2, 0) is 9.53 Å². The van der Waals surface area contributed by atoms with E-state index in [4.69, 9.17) is 9.47 Å². The molecule has 0 aliphatic heterocycles. The number of fused-ring (bicyclic) bond motifs is 1. The van der Waals surface area contributed by atoms with Gasteiger partial charge in [0.1, 0.15) is 11.2 Å². The minimum atomic E-state index is -0.946. The second-order valence-corrected chi connectivity index (χ2v) is 12.7. The standard InChI is InChI=1S/C28H32O4/c1-31-25(29)27-22-15-9-5-8-14(15)21-19(22)20-23(27)16-10-11-17-18(16)24(20)26(21,28(17,27)30)12-32-13-6-3-2-4-7-13/h2-4,6-7,14-24,30H,5,8-12H2,1H3/t14-,15+,16+,17+,18+,19-,20+,21+,22+,23-,24-,26+,27+,28-/m0/s1. The van der Waals surface area contributed by atoms with E-state index < -0.39 is 11.0 Å². The van der Waals surface area contributed by atoms with Gasteiger partial charge in [-0.2, -0.15) is 0 Å². The summed E-state index contributed by atoms with van der Waals surface area (Å²) in [6.45, 7) is 0.580. The molecule has 4 nitrogen and oxygen atoms in total. The van der Waals surface area contributed by atoms with Crippen LogP contribution in [0.2, 0.25) is 0 Å². The average molecular weight is 433 g/mol. The van der Waals surface area contributed by atoms with Crippen LogP contribution in [-0.4, -0.2) is 30.4 Å². The van der Waals surface area contributed by atoms with Crippen molar-refractivity contribution in [3.05, 3.63) is 30.3 Å². The molecular weight excluding hydrogens is 400 g/mol. The summed E-state index contributed by atoms with van der Waals surface area (Å²) in [7, 11) is 1.57. The molecule has 9 fully saturated rings. The van der Waals surface area contributed by atoms with Gasteiger partial charge in [0.2, 0.25) is 0 Å². The van der Waals surface area contributed by atoms with E-state index in [1.54, 1.807) is 7.11 Å². The second kappa shape index (κ2) is 5.09. The lowest BCUT2D eigenvalue weighted by Crippen LogP contribution is -2.74. The quantitative estimate of drug-likeness (QED) is 0.736. The highest BCUT2D eigenvalue weighted by atomic mass is 16.5. The molecule has 0 spiro atoms. The number of rotatable bonds is 4. The number of carbonyl (C=O) groups is 1. The predicted octanol–water partition coefficient (Wildman–Crippen LogP) is 3.78. The highest BCUT2D eigenvalue weighted by Gasteiger charge is 3.02. The molecule has 0 saturated heterocycles. The van der Waals surface area contributed by atoms with Gasteiger partial charge in [-0.05, 0) is 103 Å². The molecule has 10 rings (SSSR count). The Kier molecular flexibility index (Phi) is 2.84.